The molecule has 6 nitrogen and oxygen atoms in total. The molecule has 1 aromatic heterocycles. The lowest BCUT2D eigenvalue weighted by molar-refractivity contribution is -0.135. The van der Waals surface area contributed by atoms with Crippen LogP contribution in [0, 0.1) is 0 Å². The Morgan fingerprint density at radius 1 is 1.14 bits per heavy atom. The zero-order chi connectivity index (χ0) is 20.0. The molecule has 1 heterocycles. The molecule has 0 saturated heterocycles. The molecule has 6 heteroatoms. The van der Waals surface area contributed by atoms with Gasteiger partial charge in [0.15, 0.2) is 0 Å². The highest BCUT2D eigenvalue weighted by atomic mass is 16.2. The normalized spacial score (nSPS) is 16.1. The minimum Gasteiger partial charge on any atom is -0.354 e. The van der Waals surface area contributed by atoms with Crippen molar-refractivity contribution in [3.8, 4) is 0 Å². The molecule has 1 aliphatic carbocycles. The van der Waals surface area contributed by atoms with Crippen LogP contribution in [0.15, 0.2) is 24.3 Å². The van der Waals surface area contributed by atoms with Crippen molar-refractivity contribution in [2.45, 2.75) is 77.3 Å². The number of imidazole rings is 1. The predicted molar refractivity (Wildman–Crippen MR) is 111 cm³/mol. The fraction of sp³-hybridized carbons (Fsp3) is 0.591. The number of carbonyl (C=O) groups excluding carboxylic acids is 2. The van der Waals surface area contributed by atoms with E-state index in [1.54, 1.807) is 0 Å². The Morgan fingerprint density at radius 2 is 1.89 bits per heavy atom. The summed E-state index contributed by atoms with van der Waals surface area (Å²) in [6, 6.07) is 7.87. The van der Waals surface area contributed by atoms with Gasteiger partial charge < -0.3 is 15.2 Å². The van der Waals surface area contributed by atoms with Gasteiger partial charge in [-0.2, -0.15) is 0 Å². The first-order valence-corrected chi connectivity index (χ1v) is 10.6. The van der Waals surface area contributed by atoms with Crippen LogP contribution in [0.25, 0.3) is 11.0 Å². The van der Waals surface area contributed by atoms with Crippen molar-refractivity contribution < 1.29 is 9.59 Å². The first-order valence-electron chi connectivity index (χ1n) is 10.6. The number of carbonyl (C=O) groups is 2. The van der Waals surface area contributed by atoms with Crippen molar-refractivity contribution in [1.82, 2.24) is 20.2 Å². The maximum Gasteiger partial charge on any atom is 0.245 e. The standard InChI is InChI=1S/C22H32N4O2/c1-3-5-15-23-21(28)22(13-9-6-10-14-22)25-20(27)16-26-18-12-8-7-11-17(18)24-19(26)4-2/h7-8,11-12H,3-6,9-10,13-16H2,1-2H3,(H,23,28)(H,25,27). The highest BCUT2D eigenvalue weighted by Gasteiger charge is 2.40. The molecule has 0 bridgehead atoms. The van der Waals surface area contributed by atoms with Crippen LogP contribution in [0.2, 0.25) is 0 Å². The smallest absolute Gasteiger partial charge is 0.245 e. The molecule has 2 N–H and O–H groups in total. The van der Waals surface area contributed by atoms with Gasteiger partial charge in [0.2, 0.25) is 11.8 Å². The zero-order valence-corrected chi connectivity index (χ0v) is 17.1. The van der Waals surface area contributed by atoms with Gasteiger partial charge in [0.05, 0.1) is 11.0 Å². The SMILES string of the molecule is CCCCNC(=O)C1(NC(=O)Cn2c(CC)nc3ccccc32)CCCCC1. The minimum atomic E-state index is -0.772. The van der Waals surface area contributed by atoms with Gasteiger partial charge in [0.1, 0.15) is 17.9 Å². The Morgan fingerprint density at radius 3 is 2.61 bits per heavy atom. The van der Waals surface area contributed by atoms with Crippen molar-refractivity contribution in [2.75, 3.05) is 6.54 Å². The lowest BCUT2D eigenvalue weighted by Crippen LogP contribution is -2.60. The van der Waals surface area contributed by atoms with E-state index in [2.05, 4.69) is 22.5 Å². The van der Waals surface area contributed by atoms with Gasteiger partial charge >= 0.3 is 0 Å². The van der Waals surface area contributed by atoms with Gasteiger partial charge in [-0.05, 0) is 31.4 Å². The summed E-state index contributed by atoms with van der Waals surface area (Å²) in [4.78, 5) is 30.6. The van der Waals surface area contributed by atoms with Gasteiger partial charge in [-0.1, -0.05) is 51.7 Å². The number of amides is 2. The van der Waals surface area contributed by atoms with E-state index in [9.17, 15) is 9.59 Å². The number of aromatic nitrogens is 2. The quantitative estimate of drug-likeness (QED) is 0.686. The van der Waals surface area contributed by atoms with E-state index < -0.39 is 5.54 Å². The van der Waals surface area contributed by atoms with Crippen molar-refractivity contribution in [3.63, 3.8) is 0 Å². The molecule has 0 spiro atoms. The molecule has 1 aliphatic rings. The Labute approximate surface area is 167 Å². The Bertz CT molecular complexity index is 821. The van der Waals surface area contributed by atoms with E-state index in [4.69, 9.17) is 0 Å². The van der Waals surface area contributed by atoms with Crippen LogP contribution in [0.3, 0.4) is 0 Å². The summed E-state index contributed by atoms with van der Waals surface area (Å²) in [6.45, 7) is 5.00. The fourth-order valence-corrected chi connectivity index (χ4v) is 4.13. The number of hydrogen-bond donors (Lipinski definition) is 2. The average molecular weight is 385 g/mol. The predicted octanol–water partition coefficient (Wildman–Crippen LogP) is 3.33. The van der Waals surface area contributed by atoms with Crippen LogP contribution < -0.4 is 10.6 Å². The summed E-state index contributed by atoms with van der Waals surface area (Å²) in [5.41, 5.74) is 1.09. The van der Waals surface area contributed by atoms with Crippen LogP contribution in [0.4, 0.5) is 0 Å². The second-order valence-electron chi connectivity index (χ2n) is 7.76. The molecule has 3 rings (SSSR count). The number of unbranched alkanes of at least 4 members (excludes halogenated alkanes) is 1. The van der Waals surface area contributed by atoms with Gasteiger partial charge in [0, 0.05) is 13.0 Å². The van der Waals surface area contributed by atoms with E-state index in [-0.39, 0.29) is 18.4 Å². The van der Waals surface area contributed by atoms with Gasteiger partial charge in [0.25, 0.3) is 0 Å². The summed E-state index contributed by atoms with van der Waals surface area (Å²) in [7, 11) is 0. The van der Waals surface area contributed by atoms with E-state index in [1.807, 2.05) is 35.8 Å². The van der Waals surface area contributed by atoms with Crippen molar-refractivity contribution in [3.05, 3.63) is 30.1 Å². The average Bonchev–Trinajstić information content (AvgIpc) is 3.06. The third kappa shape index (κ3) is 4.37. The highest BCUT2D eigenvalue weighted by molar-refractivity contribution is 5.92. The highest BCUT2D eigenvalue weighted by Crippen LogP contribution is 2.29. The number of para-hydroxylation sites is 2. The Kier molecular flexibility index (Phi) is 6.70. The largest absolute Gasteiger partial charge is 0.354 e. The topological polar surface area (TPSA) is 76.0 Å². The number of fused-ring (bicyclic) bond motifs is 1. The lowest BCUT2D eigenvalue weighted by Gasteiger charge is -2.36. The molecule has 0 atom stereocenters. The van der Waals surface area contributed by atoms with Crippen LogP contribution in [-0.2, 0) is 22.6 Å². The number of hydrogen-bond acceptors (Lipinski definition) is 3. The van der Waals surface area contributed by atoms with Crippen molar-refractivity contribution >= 4 is 22.8 Å². The Hall–Kier alpha value is -2.37. The van der Waals surface area contributed by atoms with Crippen LogP contribution in [0.1, 0.15) is 64.6 Å². The lowest BCUT2D eigenvalue weighted by atomic mass is 9.80. The third-order valence-corrected chi connectivity index (χ3v) is 5.69. The molecule has 1 saturated carbocycles. The van der Waals surface area contributed by atoms with E-state index in [0.29, 0.717) is 19.4 Å². The number of rotatable bonds is 8. The molecular weight excluding hydrogens is 352 g/mol. The molecule has 2 aromatic rings. The van der Waals surface area contributed by atoms with Gasteiger partial charge in [-0.25, -0.2) is 4.98 Å². The third-order valence-electron chi connectivity index (χ3n) is 5.69. The monoisotopic (exact) mass is 384 g/mol. The van der Waals surface area contributed by atoms with Crippen molar-refractivity contribution in [1.29, 1.82) is 0 Å². The molecule has 2 amide bonds. The molecule has 1 aromatic carbocycles. The number of aryl methyl sites for hydroxylation is 1. The second-order valence-corrected chi connectivity index (χ2v) is 7.76. The maximum absolute atomic E-state index is 13.0. The Balaban J connectivity index is 1.76. The molecule has 28 heavy (non-hydrogen) atoms. The van der Waals surface area contributed by atoms with Crippen LogP contribution >= 0.6 is 0 Å². The molecule has 152 valence electrons. The van der Waals surface area contributed by atoms with Gasteiger partial charge in [-0.15, -0.1) is 0 Å². The number of nitrogens with zero attached hydrogens (tertiary/aromatic N) is 2. The number of benzene rings is 1. The van der Waals surface area contributed by atoms with Crippen LogP contribution in [0.5, 0.6) is 0 Å². The van der Waals surface area contributed by atoms with E-state index in [1.165, 1.54) is 0 Å². The van der Waals surface area contributed by atoms with Crippen molar-refractivity contribution in [2.24, 2.45) is 0 Å². The molecule has 1 fully saturated rings. The molecule has 0 radical (unpaired) electrons. The zero-order valence-electron chi connectivity index (χ0n) is 17.1. The summed E-state index contributed by atoms with van der Waals surface area (Å²) in [6.07, 6.45) is 7.22. The first-order chi connectivity index (χ1) is 13.6. The second kappa shape index (κ2) is 9.22. The fourth-order valence-electron chi connectivity index (χ4n) is 4.13. The summed E-state index contributed by atoms with van der Waals surface area (Å²) < 4.78 is 1.97. The maximum atomic E-state index is 13.0. The molecular formula is C22H32N4O2. The first kappa shape index (κ1) is 20.4. The minimum absolute atomic E-state index is 0.0276. The van der Waals surface area contributed by atoms with E-state index >= 15 is 0 Å². The summed E-state index contributed by atoms with van der Waals surface area (Å²) in [5.74, 6) is 0.743. The summed E-state index contributed by atoms with van der Waals surface area (Å²) in [5, 5.41) is 6.15. The van der Waals surface area contributed by atoms with Gasteiger partial charge in [-0.3, -0.25) is 9.59 Å². The van der Waals surface area contributed by atoms with Crippen LogP contribution in [-0.4, -0.2) is 33.4 Å². The van der Waals surface area contributed by atoms with E-state index in [0.717, 1.165) is 55.4 Å². The molecule has 0 aliphatic heterocycles. The summed E-state index contributed by atoms with van der Waals surface area (Å²) >= 11 is 0. The number of nitrogens with one attached hydrogen (secondary N) is 2. The molecule has 0 unspecified atom stereocenters.